The molecule has 2 aromatic rings. The maximum Gasteiger partial charge on any atom is 0.245 e. The molecular weight excluding hydrogens is 269 g/mol. The Labute approximate surface area is 113 Å². The molecule has 104 valence electrons. The van der Waals surface area contributed by atoms with Crippen LogP contribution in [0.5, 0.6) is 0 Å². The van der Waals surface area contributed by atoms with E-state index in [0.29, 0.717) is 17.7 Å². The third-order valence-corrected chi connectivity index (χ3v) is 2.69. The molecule has 0 radical (unpaired) electrons. The van der Waals surface area contributed by atoms with Gasteiger partial charge in [0, 0.05) is 17.8 Å². The second-order valence-electron chi connectivity index (χ2n) is 4.13. The van der Waals surface area contributed by atoms with Gasteiger partial charge in [0.2, 0.25) is 5.91 Å². The molecule has 0 aromatic heterocycles. The molecule has 0 saturated carbocycles. The first-order valence-electron chi connectivity index (χ1n) is 5.75. The molecule has 1 amide bonds. The minimum absolute atomic E-state index is 0.196. The molecule has 3 nitrogen and oxygen atoms in total. The minimum Gasteiger partial charge on any atom is -0.324 e. The summed E-state index contributed by atoms with van der Waals surface area (Å²) in [6, 6.07) is 8.86. The van der Waals surface area contributed by atoms with Gasteiger partial charge in [-0.2, -0.15) is 0 Å². The molecule has 0 aliphatic rings. The van der Waals surface area contributed by atoms with E-state index in [9.17, 15) is 18.0 Å². The molecule has 0 heterocycles. The molecule has 0 aliphatic heterocycles. The van der Waals surface area contributed by atoms with Crippen LogP contribution in [-0.2, 0) is 4.79 Å². The summed E-state index contributed by atoms with van der Waals surface area (Å²) in [6.07, 6.45) is 0. The van der Waals surface area contributed by atoms with Gasteiger partial charge in [-0.3, -0.25) is 4.79 Å². The van der Waals surface area contributed by atoms with Crippen LogP contribution in [0.3, 0.4) is 0 Å². The highest BCUT2D eigenvalue weighted by molar-refractivity contribution is 5.95. The molecule has 0 unspecified atom stereocenters. The number of nitrogens with two attached hydrogens (primary N) is 1. The number of nitrogens with one attached hydrogen (secondary N) is 1. The second-order valence-corrected chi connectivity index (χ2v) is 4.13. The fourth-order valence-corrected chi connectivity index (χ4v) is 1.66. The highest BCUT2D eigenvalue weighted by atomic mass is 19.2. The van der Waals surface area contributed by atoms with E-state index in [4.69, 9.17) is 5.73 Å². The number of carbonyl (C=O) groups excluding carboxylic acids is 1. The fourth-order valence-electron chi connectivity index (χ4n) is 1.66. The number of carbonyl (C=O) groups is 1. The van der Waals surface area contributed by atoms with E-state index >= 15 is 0 Å². The maximum absolute atomic E-state index is 13.0. The number of benzene rings is 2. The lowest BCUT2D eigenvalue weighted by molar-refractivity contribution is -0.117. The van der Waals surface area contributed by atoms with Gasteiger partial charge in [0.1, 0.15) is 6.04 Å². The quantitative estimate of drug-likeness (QED) is 0.849. The lowest BCUT2D eigenvalue weighted by atomic mass is 10.1. The van der Waals surface area contributed by atoms with E-state index in [1.807, 2.05) is 0 Å². The summed E-state index contributed by atoms with van der Waals surface area (Å²) < 4.78 is 38.8. The van der Waals surface area contributed by atoms with Gasteiger partial charge in [-0.1, -0.05) is 30.3 Å². The third-order valence-electron chi connectivity index (χ3n) is 2.69. The van der Waals surface area contributed by atoms with Gasteiger partial charge in [-0.25, -0.2) is 13.2 Å². The van der Waals surface area contributed by atoms with Gasteiger partial charge >= 0.3 is 0 Å². The Morgan fingerprint density at radius 3 is 2.15 bits per heavy atom. The predicted molar refractivity (Wildman–Crippen MR) is 68.3 cm³/mol. The van der Waals surface area contributed by atoms with Gasteiger partial charge in [0.05, 0.1) is 0 Å². The van der Waals surface area contributed by atoms with Crippen LogP contribution in [-0.4, -0.2) is 5.91 Å². The van der Waals surface area contributed by atoms with Crippen LogP contribution in [0.25, 0.3) is 0 Å². The molecule has 0 bridgehead atoms. The monoisotopic (exact) mass is 280 g/mol. The topological polar surface area (TPSA) is 55.1 Å². The summed E-state index contributed by atoms with van der Waals surface area (Å²) in [5, 5.41) is 2.24. The van der Waals surface area contributed by atoms with Crippen LogP contribution in [0.4, 0.5) is 18.9 Å². The Morgan fingerprint density at radius 1 is 1.05 bits per heavy atom. The molecule has 0 aliphatic carbocycles. The molecule has 2 aromatic carbocycles. The molecule has 1 atom stereocenters. The molecule has 6 heteroatoms. The van der Waals surface area contributed by atoms with Crippen molar-refractivity contribution in [3.8, 4) is 0 Å². The fraction of sp³-hybridized carbons (Fsp3) is 0.0714. The maximum atomic E-state index is 13.0. The van der Waals surface area contributed by atoms with Crippen molar-refractivity contribution in [1.82, 2.24) is 0 Å². The number of hydrogen-bond donors (Lipinski definition) is 2. The summed E-state index contributed by atoms with van der Waals surface area (Å²) in [5.74, 6) is -5.00. The summed E-state index contributed by atoms with van der Waals surface area (Å²) in [5.41, 5.74) is 6.07. The Morgan fingerprint density at radius 2 is 1.60 bits per heavy atom. The van der Waals surface area contributed by atoms with Crippen LogP contribution in [0.2, 0.25) is 0 Å². The van der Waals surface area contributed by atoms with E-state index in [-0.39, 0.29) is 5.69 Å². The van der Waals surface area contributed by atoms with E-state index in [2.05, 4.69) is 5.32 Å². The van der Waals surface area contributed by atoms with Crippen molar-refractivity contribution in [2.24, 2.45) is 5.73 Å². The van der Waals surface area contributed by atoms with Crippen molar-refractivity contribution < 1.29 is 18.0 Å². The molecule has 0 saturated heterocycles. The van der Waals surface area contributed by atoms with Gasteiger partial charge in [-0.05, 0) is 5.56 Å². The van der Waals surface area contributed by atoms with Crippen molar-refractivity contribution in [2.45, 2.75) is 6.04 Å². The highest BCUT2D eigenvalue weighted by Gasteiger charge is 2.17. The van der Waals surface area contributed by atoms with E-state index < -0.39 is 29.4 Å². The highest BCUT2D eigenvalue weighted by Crippen LogP contribution is 2.19. The zero-order valence-corrected chi connectivity index (χ0v) is 10.2. The molecular formula is C14H11F3N2O. The average Bonchev–Trinajstić information content (AvgIpc) is 2.44. The van der Waals surface area contributed by atoms with Gasteiger partial charge in [0.15, 0.2) is 17.5 Å². The molecule has 20 heavy (non-hydrogen) atoms. The largest absolute Gasteiger partial charge is 0.324 e. The Kier molecular flexibility index (Phi) is 4.05. The van der Waals surface area contributed by atoms with Crippen molar-refractivity contribution in [3.63, 3.8) is 0 Å². The van der Waals surface area contributed by atoms with E-state index in [1.54, 1.807) is 30.3 Å². The number of rotatable bonds is 3. The van der Waals surface area contributed by atoms with Crippen LogP contribution in [0, 0.1) is 17.5 Å². The van der Waals surface area contributed by atoms with Crippen molar-refractivity contribution in [1.29, 1.82) is 0 Å². The molecule has 0 spiro atoms. The van der Waals surface area contributed by atoms with Crippen molar-refractivity contribution in [2.75, 3.05) is 5.32 Å². The summed E-state index contributed by atoms with van der Waals surface area (Å²) in [6.45, 7) is 0. The summed E-state index contributed by atoms with van der Waals surface area (Å²) in [7, 11) is 0. The van der Waals surface area contributed by atoms with Crippen molar-refractivity contribution in [3.05, 3.63) is 65.5 Å². The van der Waals surface area contributed by atoms with Crippen LogP contribution in [0.1, 0.15) is 11.6 Å². The Hall–Kier alpha value is -2.34. The zero-order chi connectivity index (χ0) is 14.7. The van der Waals surface area contributed by atoms with Gasteiger partial charge in [0.25, 0.3) is 0 Å². The average molecular weight is 280 g/mol. The molecule has 0 fully saturated rings. The van der Waals surface area contributed by atoms with Gasteiger partial charge < -0.3 is 11.1 Å². The first-order chi connectivity index (χ1) is 9.49. The van der Waals surface area contributed by atoms with Crippen LogP contribution in [0.15, 0.2) is 42.5 Å². The predicted octanol–water partition coefficient (Wildman–Crippen LogP) is 2.74. The van der Waals surface area contributed by atoms with E-state index in [1.165, 1.54) is 0 Å². The zero-order valence-electron chi connectivity index (χ0n) is 10.2. The Balaban J connectivity index is 2.16. The number of hydrogen-bond acceptors (Lipinski definition) is 2. The second kappa shape index (κ2) is 5.75. The van der Waals surface area contributed by atoms with Crippen LogP contribution >= 0.6 is 0 Å². The minimum atomic E-state index is -1.59. The third kappa shape index (κ3) is 2.97. The SMILES string of the molecule is N[C@@H](C(=O)Nc1cc(F)c(F)c(F)c1)c1ccccc1. The molecule has 3 N–H and O–H groups in total. The summed E-state index contributed by atoms with van der Waals surface area (Å²) in [4.78, 5) is 11.8. The molecule has 2 rings (SSSR count). The van der Waals surface area contributed by atoms with Crippen LogP contribution < -0.4 is 11.1 Å². The first kappa shape index (κ1) is 14.1. The van der Waals surface area contributed by atoms with Gasteiger partial charge in [-0.15, -0.1) is 0 Å². The van der Waals surface area contributed by atoms with E-state index in [0.717, 1.165) is 0 Å². The number of halogens is 3. The Bertz CT molecular complexity index is 609. The first-order valence-corrected chi connectivity index (χ1v) is 5.75. The summed E-state index contributed by atoms with van der Waals surface area (Å²) >= 11 is 0. The lowest BCUT2D eigenvalue weighted by Crippen LogP contribution is -2.27. The lowest BCUT2D eigenvalue weighted by Gasteiger charge is -2.12. The smallest absolute Gasteiger partial charge is 0.245 e. The normalized spacial score (nSPS) is 12.0. The number of amides is 1. The standard InChI is InChI=1S/C14H11F3N2O/c15-10-6-9(7-11(16)12(10)17)19-14(20)13(18)8-4-2-1-3-5-8/h1-7,13H,18H2,(H,19,20)/t13-/m1/s1. The van der Waals surface area contributed by atoms with Crippen molar-refractivity contribution >= 4 is 11.6 Å². The number of anilines is 1.